The number of aryl methyl sites for hydroxylation is 1. The second-order valence-corrected chi connectivity index (χ2v) is 5.97. The molecule has 0 unspecified atom stereocenters. The zero-order valence-corrected chi connectivity index (χ0v) is 13.0. The Bertz CT molecular complexity index is 587. The van der Waals surface area contributed by atoms with Crippen molar-refractivity contribution >= 4 is 0 Å². The Morgan fingerprint density at radius 3 is 3.00 bits per heavy atom. The summed E-state index contributed by atoms with van der Waals surface area (Å²) in [5.41, 5.74) is 2.46. The largest absolute Gasteiger partial charge is 0.370 e. The number of hydrogen-bond donors (Lipinski definition) is 1. The van der Waals surface area contributed by atoms with Gasteiger partial charge in [0.25, 0.3) is 0 Å². The monoisotopic (exact) mass is 288 g/mol. The van der Waals surface area contributed by atoms with Crippen LogP contribution in [0.1, 0.15) is 43.8 Å². The van der Waals surface area contributed by atoms with E-state index in [-0.39, 0.29) is 6.10 Å². The molecule has 0 aliphatic carbocycles. The van der Waals surface area contributed by atoms with Crippen molar-refractivity contribution in [2.75, 3.05) is 6.61 Å². The molecule has 1 N–H and O–H groups in total. The molecule has 0 aromatic carbocycles. The van der Waals surface area contributed by atoms with Gasteiger partial charge in [0.1, 0.15) is 6.10 Å². The van der Waals surface area contributed by atoms with E-state index in [0.29, 0.717) is 12.1 Å². The van der Waals surface area contributed by atoms with E-state index in [1.165, 1.54) is 11.4 Å². The molecule has 114 valence electrons. The number of aromatic nitrogens is 3. The predicted octanol–water partition coefficient (Wildman–Crippen LogP) is 2.42. The van der Waals surface area contributed by atoms with Gasteiger partial charge in [-0.05, 0) is 38.5 Å². The summed E-state index contributed by atoms with van der Waals surface area (Å²) in [6.45, 7) is 5.97. The maximum Gasteiger partial charge on any atom is 0.114 e. The molecule has 0 amide bonds. The van der Waals surface area contributed by atoms with Crippen LogP contribution in [0.25, 0.3) is 0 Å². The first kappa shape index (κ1) is 14.4. The van der Waals surface area contributed by atoms with Crippen molar-refractivity contribution in [3.8, 4) is 0 Å². The molecule has 5 nitrogen and oxygen atoms in total. The molecule has 1 fully saturated rings. The molecule has 1 aliphatic heterocycles. The number of ether oxygens (including phenoxy) is 1. The molecule has 2 atom stereocenters. The van der Waals surface area contributed by atoms with E-state index in [9.17, 15) is 0 Å². The van der Waals surface area contributed by atoms with Crippen molar-refractivity contribution in [1.29, 1.82) is 0 Å². The quantitative estimate of drug-likeness (QED) is 0.919. The summed E-state index contributed by atoms with van der Waals surface area (Å²) in [4.78, 5) is 0. The highest BCUT2D eigenvalue weighted by molar-refractivity contribution is 5.12. The van der Waals surface area contributed by atoms with Gasteiger partial charge in [-0.15, -0.1) is 0 Å². The SMILES string of the molecule is CC(C)n1nccc1[C@H]1OCC[C@@H]1NCc1cccn1C. The fourth-order valence-electron chi connectivity index (χ4n) is 2.99. The Morgan fingerprint density at radius 2 is 2.29 bits per heavy atom. The first-order valence-electron chi connectivity index (χ1n) is 7.65. The van der Waals surface area contributed by atoms with Crippen LogP contribution in [0, 0.1) is 0 Å². The fourth-order valence-corrected chi connectivity index (χ4v) is 2.99. The summed E-state index contributed by atoms with van der Waals surface area (Å²) in [5, 5.41) is 8.07. The Morgan fingerprint density at radius 1 is 1.43 bits per heavy atom. The predicted molar refractivity (Wildman–Crippen MR) is 82.0 cm³/mol. The Kier molecular flexibility index (Phi) is 4.12. The molecule has 1 saturated heterocycles. The normalized spacial score (nSPS) is 22.3. The van der Waals surface area contributed by atoms with Crippen LogP contribution in [0.5, 0.6) is 0 Å². The molecule has 0 spiro atoms. The minimum absolute atomic E-state index is 0.0927. The van der Waals surface area contributed by atoms with Crippen LogP contribution in [-0.2, 0) is 18.3 Å². The van der Waals surface area contributed by atoms with Gasteiger partial charge in [-0.1, -0.05) is 0 Å². The fraction of sp³-hybridized carbons (Fsp3) is 0.562. The van der Waals surface area contributed by atoms with E-state index in [1.807, 2.05) is 6.20 Å². The third-order valence-electron chi connectivity index (χ3n) is 4.17. The molecule has 5 heteroatoms. The van der Waals surface area contributed by atoms with E-state index >= 15 is 0 Å². The lowest BCUT2D eigenvalue weighted by atomic mass is 10.1. The van der Waals surface area contributed by atoms with Gasteiger partial charge in [0.2, 0.25) is 0 Å². The smallest absolute Gasteiger partial charge is 0.114 e. The van der Waals surface area contributed by atoms with Gasteiger partial charge in [-0.25, -0.2) is 0 Å². The average Bonchev–Trinajstić information content (AvgIpc) is 3.15. The van der Waals surface area contributed by atoms with Crippen molar-refractivity contribution in [3.63, 3.8) is 0 Å². The van der Waals surface area contributed by atoms with E-state index < -0.39 is 0 Å². The van der Waals surface area contributed by atoms with Gasteiger partial charge in [0.05, 0.1) is 5.69 Å². The first-order chi connectivity index (χ1) is 10.2. The molecular formula is C16H24N4O. The molecule has 21 heavy (non-hydrogen) atoms. The van der Waals surface area contributed by atoms with E-state index in [2.05, 4.69) is 65.0 Å². The summed E-state index contributed by atoms with van der Waals surface area (Å²) in [7, 11) is 2.08. The second-order valence-electron chi connectivity index (χ2n) is 5.97. The molecule has 3 heterocycles. The second kappa shape index (κ2) is 6.03. The number of nitrogens with zero attached hydrogens (tertiary/aromatic N) is 3. The lowest BCUT2D eigenvalue weighted by Crippen LogP contribution is -2.33. The van der Waals surface area contributed by atoms with Crippen LogP contribution >= 0.6 is 0 Å². The number of hydrogen-bond acceptors (Lipinski definition) is 3. The zero-order chi connectivity index (χ0) is 14.8. The molecule has 2 aromatic heterocycles. The molecule has 1 aliphatic rings. The van der Waals surface area contributed by atoms with Crippen LogP contribution in [0.4, 0.5) is 0 Å². The number of nitrogens with one attached hydrogen (secondary N) is 1. The summed E-state index contributed by atoms with van der Waals surface area (Å²) in [6.07, 6.45) is 5.08. The summed E-state index contributed by atoms with van der Waals surface area (Å²) in [6, 6.07) is 7.00. The lowest BCUT2D eigenvalue weighted by Gasteiger charge is -2.22. The Labute approximate surface area is 125 Å². The first-order valence-corrected chi connectivity index (χ1v) is 7.65. The molecule has 2 aromatic rings. The van der Waals surface area contributed by atoms with Crippen molar-refractivity contribution < 1.29 is 4.74 Å². The third-order valence-corrected chi connectivity index (χ3v) is 4.17. The minimum Gasteiger partial charge on any atom is -0.370 e. The number of rotatable bonds is 5. The molecule has 0 bridgehead atoms. The van der Waals surface area contributed by atoms with Crippen molar-refractivity contribution in [1.82, 2.24) is 19.7 Å². The molecule has 0 radical (unpaired) electrons. The Balaban J connectivity index is 1.70. The van der Waals surface area contributed by atoms with Gasteiger partial charge in [0, 0.05) is 50.4 Å². The van der Waals surface area contributed by atoms with Crippen LogP contribution in [0.2, 0.25) is 0 Å². The Hall–Kier alpha value is -1.59. The lowest BCUT2D eigenvalue weighted by molar-refractivity contribution is 0.0898. The highest BCUT2D eigenvalue weighted by Crippen LogP contribution is 2.30. The molecule has 0 saturated carbocycles. The highest BCUT2D eigenvalue weighted by atomic mass is 16.5. The highest BCUT2D eigenvalue weighted by Gasteiger charge is 2.32. The van der Waals surface area contributed by atoms with Crippen molar-refractivity contribution in [2.24, 2.45) is 7.05 Å². The van der Waals surface area contributed by atoms with Crippen molar-refractivity contribution in [3.05, 3.63) is 42.0 Å². The topological polar surface area (TPSA) is 44.0 Å². The minimum atomic E-state index is 0.0927. The molecule has 3 rings (SSSR count). The zero-order valence-electron chi connectivity index (χ0n) is 13.0. The van der Waals surface area contributed by atoms with Gasteiger partial charge in [0.15, 0.2) is 0 Å². The van der Waals surface area contributed by atoms with Crippen LogP contribution in [0.15, 0.2) is 30.6 Å². The summed E-state index contributed by atoms with van der Waals surface area (Å²) >= 11 is 0. The van der Waals surface area contributed by atoms with Gasteiger partial charge in [-0.2, -0.15) is 5.10 Å². The maximum atomic E-state index is 5.97. The van der Waals surface area contributed by atoms with Gasteiger partial charge >= 0.3 is 0 Å². The van der Waals surface area contributed by atoms with E-state index in [0.717, 1.165) is 19.6 Å². The van der Waals surface area contributed by atoms with Crippen LogP contribution in [0.3, 0.4) is 0 Å². The third kappa shape index (κ3) is 2.89. The van der Waals surface area contributed by atoms with Crippen molar-refractivity contribution in [2.45, 2.75) is 45.0 Å². The average molecular weight is 288 g/mol. The van der Waals surface area contributed by atoms with Gasteiger partial charge in [-0.3, -0.25) is 4.68 Å². The van der Waals surface area contributed by atoms with Crippen LogP contribution in [-0.4, -0.2) is 27.0 Å². The summed E-state index contributed by atoms with van der Waals surface area (Å²) in [5.74, 6) is 0. The van der Waals surface area contributed by atoms with E-state index in [1.54, 1.807) is 0 Å². The standard InChI is InChI=1S/C16H24N4O/c1-12(2)20-15(6-8-18-20)16-14(7-10-21-16)17-11-13-5-4-9-19(13)3/h4-6,8-9,12,14,16-17H,7,10-11H2,1-3H3/t14-,16-/m0/s1. The maximum absolute atomic E-state index is 5.97. The van der Waals surface area contributed by atoms with Crippen LogP contribution < -0.4 is 5.32 Å². The van der Waals surface area contributed by atoms with Gasteiger partial charge < -0.3 is 14.6 Å². The molecular weight excluding hydrogens is 264 g/mol. The summed E-state index contributed by atoms with van der Waals surface area (Å²) < 4.78 is 10.2. The van der Waals surface area contributed by atoms with E-state index in [4.69, 9.17) is 4.74 Å².